The molecular weight excluding hydrogens is 479 g/mol. The van der Waals surface area contributed by atoms with Gasteiger partial charge in [0.2, 0.25) is 0 Å². The molecule has 0 radical (unpaired) electrons. The second-order valence-corrected chi connectivity index (χ2v) is 9.88. The zero-order valence-corrected chi connectivity index (χ0v) is 20.9. The van der Waals surface area contributed by atoms with E-state index in [1.54, 1.807) is 24.4 Å². The molecule has 3 heterocycles. The number of nitrogens with zero attached hydrogens (tertiary/aromatic N) is 3. The molecule has 0 spiro atoms. The molecule has 6 nitrogen and oxygen atoms in total. The third-order valence-electron chi connectivity index (χ3n) is 7.09. The first kappa shape index (κ1) is 24.5. The van der Waals surface area contributed by atoms with Crippen molar-refractivity contribution in [2.75, 3.05) is 31.9 Å². The number of rotatable bonds is 7. The molecule has 2 fully saturated rings. The van der Waals surface area contributed by atoms with Crippen LogP contribution >= 0.6 is 11.6 Å². The fourth-order valence-electron chi connectivity index (χ4n) is 5.08. The molecule has 1 atom stereocenters. The number of hydrogen-bond acceptors (Lipinski definition) is 5. The molecule has 2 saturated heterocycles. The van der Waals surface area contributed by atoms with E-state index >= 15 is 0 Å². The number of halogens is 2. The van der Waals surface area contributed by atoms with Gasteiger partial charge in [0.1, 0.15) is 12.4 Å². The summed E-state index contributed by atoms with van der Waals surface area (Å²) in [6.07, 6.45) is 6.29. The first-order valence-corrected chi connectivity index (χ1v) is 12.8. The van der Waals surface area contributed by atoms with Crippen molar-refractivity contribution in [3.8, 4) is 16.9 Å². The van der Waals surface area contributed by atoms with Gasteiger partial charge in [-0.15, -0.1) is 0 Å². The van der Waals surface area contributed by atoms with Gasteiger partial charge < -0.3 is 20.3 Å². The molecule has 1 amide bonds. The summed E-state index contributed by atoms with van der Waals surface area (Å²) in [5.74, 6) is 0.195. The van der Waals surface area contributed by atoms with E-state index in [2.05, 4.69) is 9.88 Å². The lowest BCUT2D eigenvalue weighted by Gasteiger charge is -2.28. The van der Waals surface area contributed by atoms with Crippen molar-refractivity contribution in [1.29, 1.82) is 0 Å². The van der Waals surface area contributed by atoms with Crippen molar-refractivity contribution >= 4 is 23.3 Å². The van der Waals surface area contributed by atoms with E-state index in [1.807, 2.05) is 29.2 Å². The van der Waals surface area contributed by atoms with E-state index in [9.17, 15) is 9.18 Å². The standard InChI is InChI=1S/C28H30ClFN4O2/c29-24-6-3-7-25(30)23(24)18-36-26-15-21(16-32-27(26)31)19-8-10-20(11-9-19)28(35)34-14-4-5-22(34)17-33-12-1-2-13-33/h3,6-11,15-16,22H,1-2,4-5,12-14,17-18H2,(H2,31,32)/t22-/m1/s1. The van der Waals surface area contributed by atoms with Crippen LogP contribution in [0, 0.1) is 5.82 Å². The topological polar surface area (TPSA) is 71.7 Å². The highest BCUT2D eigenvalue weighted by molar-refractivity contribution is 6.31. The largest absolute Gasteiger partial charge is 0.485 e. The number of ether oxygens (including phenoxy) is 1. The molecule has 36 heavy (non-hydrogen) atoms. The molecule has 1 aromatic heterocycles. The lowest BCUT2D eigenvalue weighted by atomic mass is 10.0. The van der Waals surface area contributed by atoms with Crippen molar-refractivity contribution in [2.24, 2.45) is 0 Å². The average Bonchev–Trinajstić information content (AvgIpc) is 3.57. The number of benzene rings is 2. The minimum atomic E-state index is -0.439. The fourth-order valence-corrected chi connectivity index (χ4v) is 5.29. The number of amides is 1. The van der Waals surface area contributed by atoms with Gasteiger partial charge in [-0.3, -0.25) is 4.79 Å². The Hall–Kier alpha value is -3.16. The first-order chi connectivity index (χ1) is 17.5. The third kappa shape index (κ3) is 5.32. The van der Waals surface area contributed by atoms with Gasteiger partial charge in [0.15, 0.2) is 11.6 Å². The predicted octanol–water partition coefficient (Wildman–Crippen LogP) is 5.40. The van der Waals surface area contributed by atoms with Crippen LogP contribution < -0.4 is 10.5 Å². The normalized spacial score (nSPS) is 18.1. The summed E-state index contributed by atoms with van der Waals surface area (Å²) in [6.45, 7) is 4.00. The molecule has 0 bridgehead atoms. The van der Waals surface area contributed by atoms with Gasteiger partial charge in [-0.25, -0.2) is 9.37 Å². The van der Waals surface area contributed by atoms with Crippen LogP contribution in [-0.4, -0.2) is 52.9 Å². The van der Waals surface area contributed by atoms with Crippen molar-refractivity contribution < 1.29 is 13.9 Å². The van der Waals surface area contributed by atoms with Gasteiger partial charge in [0.25, 0.3) is 5.91 Å². The van der Waals surface area contributed by atoms with Crippen LogP contribution in [0.3, 0.4) is 0 Å². The van der Waals surface area contributed by atoms with Crippen LogP contribution in [0.5, 0.6) is 5.75 Å². The average molecular weight is 509 g/mol. The second kappa shape index (κ2) is 10.8. The molecule has 188 valence electrons. The highest BCUT2D eigenvalue weighted by Gasteiger charge is 2.31. The van der Waals surface area contributed by atoms with Gasteiger partial charge in [0.05, 0.1) is 5.02 Å². The summed E-state index contributed by atoms with van der Waals surface area (Å²) in [5, 5.41) is 0.290. The van der Waals surface area contributed by atoms with Crippen molar-refractivity contribution in [3.05, 3.63) is 76.7 Å². The molecule has 2 aliphatic heterocycles. The number of carbonyl (C=O) groups is 1. The molecule has 3 aromatic rings. The minimum absolute atomic E-state index is 0.0668. The number of anilines is 1. The van der Waals surface area contributed by atoms with Crippen LogP contribution in [0.4, 0.5) is 10.2 Å². The van der Waals surface area contributed by atoms with Crippen LogP contribution in [0.1, 0.15) is 41.6 Å². The van der Waals surface area contributed by atoms with Crippen LogP contribution in [0.25, 0.3) is 11.1 Å². The Kier molecular flexibility index (Phi) is 7.39. The van der Waals surface area contributed by atoms with Gasteiger partial charge >= 0.3 is 0 Å². The Balaban J connectivity index is 1.28. The minimum Gasteiger partial charge on any atom is -0.485 e. The van der Waals surface area contributed by atoms with E-state index in [1.165, 1.54) is 18.9 Å². The monoisotopic (exact) mass is 508 g/mol. The van der Waals surface area contributed by atoms with Gasteiger partial charge in [0, 0.05) is 42.0 Å². The predicted molar refractivity (Wildman–Crippen MR) is 140 cm³/mol. The smallest absolute Gasteiger partial charge is 0.254 e. The maximum absolute atomic E-state index is 14.1. The Morgan fingerprint density at radius 2 is 1.86 bits per heavy atom. The summed E-state index contributed by atoms with van der Waals surface area (Å²) in [5.41, 5.74) is 8.60. The molecule has 2 aromatic carbocycles. The van der Waals surface area contributed by atoms with E-state index in [-0.39, 0.29) is 23.9 Å². The zero-order valence-electron chi connectivity index (χ0n) is 20.1. The number of nitrogens with two attached hydrogens (primary N) is 1. The molecule has 2 aliphatic rings. The maximum Gasteiger partial charge on any atom is 0.254 e. The van der Waals surface area contributed by atoms with Gasteiger partial charge in [-0.2, -0.15) is 0 Å². The Bertz CT molecular complexity index is 1210. The summed E-state index contributed by atoms with van der Waals surface area (Å²) in [7, 11) is 0. The van der Waals surface area contributed by atoms with Gasteiger partial charge in [-0.1, -0.05) is 29.8 Å². The Labute approximate surface area is 215 Å². The van der Waals surface area contributed by atoms with Crippen molar-refractivity contribution in [3.63, 3.8) is 0 Å². The zero-order chi connectivity index (χ0) is 25.1. The molecule has 2 N–H and O–H groups in total. The summed E-state index contributed by atoms with van der Waals surface area (Å²) < 4.78 is 19.9. The number of likely N-dealkylation sites (tertiary alicyclic amines) is 2. The number of pyridine rings is 1. The van der Waals surface area contributed by atoms with Crippen molar-refractivity contribution in [2.45, 2.75) is 38.3 Å². The molecule has 5 rings (SSSR count). The van der Waals surface area contributed by atoms with Gasteiger partial charge in [-0.05, 0) is 74.7 Å². The Morgan fingerprint density at radius 1 is 1.08 bits per heavy atom. The highest BCUT2D eigenvalue weighted by Crippen LogP contribution is 2.30. The van der Waals surface area contributed by atoms with E-state index < -0.39 is 5.82 Å². The molecule has 0 unspecified atom stereocenters. The third-order valence-corrected chi connectivity index (χ3v) is 7.44. The summed E-state index contributed by atoms with van der Waals surface area (Å²) >= 11 is 6.10. The molecule has 0 saturated carbocycles. The highest BCUT2D eigenvalue weighted by atomic mass is 35.5. The van der Waals surface area contributed by atoms with Crippen molar-refractivity contribution in [1.82, 2.24) is 14.8 Å². The fraction of sp³-hybridized carbons (Fsp3) is 0.357. The number of hydrogen-bond donors (Lipinski definition) is 1. The van der Waals surface area contributed by atoms with Crippen LogP contribution in [0.15, 0.2) is 54.7 Å². The lowest BCUT2D eigenvalue weighted by molar-refractivity contribution is 0.0709. The van der Waals surface area contributed by atoms with Crippen LogP contribution in [-0.2, 0) is 6.61 Å². The molecular formula is C28H30ClFN4O2. The second-order valence-electron chi connectivity index (χ2n) is 9.48. The SMILES string of the molecule is Nc1ncc(-c2ccc(C(=O)N3CCC[C@@H]3CN3CCCC3)cc2)cc1OCc1c(F)cccc1Cl. The summed E-state index contributed by atoms with van der Waals surface area (Å²) in [4.78, 5) is 22.0. The summed E-state index contributed by atoms with van der Waals surface area (Å²) in [6, 6.07) is 14.1. The van der Waals surface area contributed by atoms with E-state index in [0.29, 0.717) is 22.4 Å². The lowest BCUT2D eigenvalue weighted by Crippen LogP contribution is -2.42. The number of carbonyl (C=O) groups excluding carboxylic acids is 1. The van der Waals surface area contributed by atoms with Crippen LogP contribution in [0.2, 0.25) is 5.02 Å². The number of aromatic nitrogens is 1. The first-order valence-electron chi connectivity index (χ1n) is 12.4. The van der Waals surface area contributed by atoms with E-state index in [4.69, 9.17) is 22.1 Å². The Morgan fingerprint density at radius 3 is 2.61 bits per heavy atom. The maximum atomic E-state index is 14.1. The molecule has 8 heteroatoms. The quantitative estimate of drug-likeness (QED) is 0.462. The molecule has 0 aliphatic carbocycles. The van der Waals surface area contributed by atoms with E-state index in [0.717, 1.165) is 50.1 Å². The number of nitrogen functional groups attached to an aromatic ring is 1.